The lowest BCUT2D eigenvalue weighted by Crippen LogP contribution is -2.16. The first kappa shape index (κ1) is 24.6. The number of aromatic nitrogens is 2. The third-order valence-corrected chi connectivity index (χ3v) is 6.37. The first-order valence-corrected chi connectivity index (χ1v) is 11.9. The van der Waals surface area contributed by atoms with Crippen LogP contribution in [0.3, 0.4) is 0 Å². The molecule has 0 saturated carbocycles. The number of carbonyl (C=O) groups excluding carboxylic acids is 3. The number of ketones is 1. The molecule has 0 fully saturated rings. The second-order valence-electron chi connectivity index (χ2n) is 9.18. The van der Waals surface area contributed by atoms with E-state index in [0.717, 1.165) is 11.3 Å². The van der Waals surface area contributed by atoms with Crippen LogP contribution in [0.4, 0.5) is 17.1 Å². The molecule has 1 aliphatic heterocycles. The van der Waals surface area contributed by atoms with E-state index in [1.165, 1.54) is 17.0 Å². The van der Waals surface area contributed by atoms with Gasteiger partial charge in [0, 0.05) is 41.8 Å². The van der Waals surface area contributed by atoms with Crippen molar-refractivity contribution < 1.29 is 19.5 Å². The number of anilines is 2. The summed E-state index contributed by atoms with van der Waals surface area (Å²) in [6.45, 7) is 3.59. The summed E-state index contributed by atoms with van der Waals surface area (Å²) in [5.41, 5.74) is 4.93. The summed E-state index contributed by atoms with van der Waals surface area (Å²) in [6, 6.07) is 18.5. The normalized spacial score (nSPS) is 14.4. The average molecular weight is 508 g/mol. The first-order chi connectivity index (χ1) is 18.2. The van der Waals surface area contributed by atoms with Crippen LogP contribution in [0.1, 0.15) is 49.1 Å². The highest BCUT2D eigenvalue weighted by Crippen LogP contribution is 2.34. The number of aliphatic imine (C=N–C) groups is 1. The third kappa shape index (κ3) is 4.81. The Balaban J connectivity index is 1.34. The monoisotopic (exact) mass is 507 g/mol. The summed E-state index contributed by atoms with van der Waals surface area (Å²) in [5.74, 6) is -1.31. The number of phenols is 1. The molecular formula is C29H25N5O4. The molecule has 0 radical (unpaired) electrons. The molecule has 2 amide bonds. The maximum atomic E-state index is 13.3. The Morgan fingerprint density at radius 1 is 1.05 bits per heavy atom. The number of benzene rings is 3. The fourth-order valence-electron chi connectivity index (χ4n) is 4.34. The molecule has 1 atom stereocenters. The number of aryl methyl sites for hydroxylation is 3. The van der Waals surface area contributed by atoms with Crippen LogP contribution >= 0.6 is 0 Å². The highest BCUT2D eigenvalue weighted by molar-refractivity contribution is 6.15. The van der Waals surface area contributed by atoms with Gasteiger partial charge in [-0.05, 0) is 55.3 Å². The number of fused-ring (bicyclic) bond motifs is 1. The fourth-order valence-corrected chi connectivity index (χ4v) is 4.34. The van der Waals surface area contributed by atoms with E-state index in [2.05, 4.69) is 20.7 Å². The first-order valence-electron chi connectivity index (χ1n) is 11.9. The van der Waals surface area contributed by atoms with Gasteiger partial charge in [-0.25, -0.2) is 0 Å². The SMILES string of the molecule is Cc1cc(C(=O)Nc2cccc(C(=O)c3ccc4c(c3)NC(=O)C4C=Nc3ccc(C)c(O)c3)c2)n(C)n1. The smallest absolute Gasteiger partial charge is 0.273 e. The van der Waals surface area contributed by atoms with Gasteiger partial charge in [0.2, 0.25) is 5.91 Å². The molecule has 3 aromatic carbocycles. The van der Waals surface area contributed by atoms with E-state index >= 15 is 0 Å². The third-order valence-electron chi connectivity index (χ3n) is 6.37. The number of nitrogens with zero attached hydrogens (tertiary/aromatic N) is 3. The van der Waals surface area contributed by atoms with Crippen molar-refractivity contribution in [3.8, 4) is 5.75 Å². The Hall–Kier alpha value is -5.05. The summed E-state index contributed by atoms with van der Waals surface area (Å²) < 4.78 is 1.50. The van der Waals surface area contributed by atoms with Crippen molar-refractivity contribution in [2.24, 2.45) is 12.0 Å². The van der Waals surface area contributed by atoms with Crippen LogP contribution in [0.15, 0.2) is 71.7 Å². The summed E-state index contributed by atoms with van der Waals surface area (Å²) >= 11 is 0. The molecule has 5 rings (SSSR count). The minimum Gasteiger partial charge on any atom is -0.508 e. The predicted molar refractivity (Wildman–Crippen MR) is 145 cm³/mol. The number of aromatic hydroxyl groups is 1. The van der Waals surface area contributed by atoms with Crippen molar-refractivity contribution in [2.45, 2.75) is 19.8 Å². The van der Waals surface area contributed by atoms with Crippen molar-refractivity contribution in [3.63, 3.8) is 0 Å². The molecule has 0 saturated heterocycles. The van der Waals surface area contributed by atoms with Crippen LogP contribution < -0.4 is 10.6 Å². The van der Waals surface area contributed by atoms with E-state index in [-0.39, 0.29) is 23.3 Å². The summed E-state index contributed by atoms with van der Waals surface area (Å²) in [6.07, 6.45) is 1.53. The molecule has 1 aromatic heterocycles. The van der Waals surface area contributed by atoms with E-state index in [1.54, 1.807) is 81.6 Å². The molecule has 1 aliphatic rings. The Labute approximate surface area is 218 Å². The lowest BCUT2D eigenvalue weighted by Gasteiger charge is -2.09. The van der Waals surface area contributed by atoms with Crippen molar-refractivity contribution >= 4 is 40.9 Å². The van der Waals surface area contributed by atoms with Crippen LogP contribution in [-0.2, 0) is 11.8 Å². The summed E-state index contributed by atoms with van der Waals surface area (Å²) in [7, 11) is 1.69. The topological polar surface area (TPSA) is 126 Å². The van der Waals surface area contributed by atoms with E-state index in [1.807, 2.05) is 0 Å². The van der Waals surface area contributed by atoms with Gasteiger partial charge in [0.05, 0.1) is 11.4 Å². The standard InChI is InChI=1S/C29H25N5O4/c1-16-7-9-20(14-26(16)35)30-15-23-22-10-8-19(13-24(22)32-28(23)37)27(36)18-5-4-6-21(12-18)31-29(38)25-11-17(2)33-34(25)3/h4-15,23,35H,1-3H3,(H,31,38)(H,32,37). The minimum atomic E-state index is -0.619. The van der Waals surface area contributed by atoms with E-state index < -0.39 is 5.92 Å². The minimum absolute atomic E-state index is 0.134. The Kier molecular flexibility index (Phi) is 6.34. The van der Waals surface area contributed by atoms with Gasteiger partial charge >= 0.3 is 0 Å². The lowest BCUT2D eigenvalue weighted by molar-refractivity contribution is -0.115. The zero-order valence-corrected chi connectivity index (χ0v) is 21.0. The Morgan fingerprint density at radius 2 is 1.84 bits per heavy atom. The maximum absolute atomic E-state index is 13.3. The molecule has 190 valence electrons. The summed E-state index contributed by atoms with van der Waals surface area (Å²) in [4.78, 5) is 42.9. The molecule has 0 aliphatic carbocycles. The second kappa shape index (κ2) is 9.78. The van der Waals surface area contributed by atoms with Crippen LogP contribution in [0, 0.1) is 13.8 Å². The van der Waals surface area contributed by atoms with E-state index in [9.17, 15) is 19.5 Å². The number of hydrogen-bond donors (Lipinski definition) is 3. The fraction of sp³-hybridized carbons (Fsp3) is 0.138. The van der Waals surface area contributed by atoms with Crippen molar-refractivity contribution in [2.75, 3.05) is 10.6 Å². The van der Waals surface area contributed by atoms with Crippen molar-refractivity contribution in [1.82, 2.24) is 9.78 Å². The molecule has 3 N–H and O–H groups in total. The highest BCUT2D eigenvalue weighted by Gasteiger charge is 2.30. The quantitative estimate of drug-likeness (QED) is 0.258. The number of rotatable bonds is 6. The number of phenolic OH excluding ortho intramolecular Hbond substituents is 1. The molecule has 4 aromatic rings. The number of nitrogens with one attached hydrogen (secondary N) is 2. The van der Waals surface area contributed by atoms with Gasteiger partial charge < -0.3 is 15.7 Å². The number of amides is 2. The predicted octanol–water partition coefficient (Wildman–Crippen LogP) is 4.66. The maximum Gasteiger partial charge on any atom is 0.273 e. The second-order valence-corrected chi connectivity index (χ2v) is 9.18. The van der Waals surface area contributed by atoms with Crippen molar-refractivity contribution in [1.29, 1.82) is 0 Å². The van der Waals surface area contributed by atoms with Gasteiger partial charge in [0.1, 0.15) is 17.4 Å². The molecule has 9 heteroatoms. The molecule has 2 heterocycles. The Bertz CT molecular complexity index is 1640. The van der Waals surface area contributed by atoms with E-state index in [4.69, 9.17) is 0 Å². The number of hydrogen-bond acceptors (Lipinski definition) is 6. The number of carbonyl (C=O) groups is 3. The summed E-state index contributed by atoms with van der Waals surface area (Å²) in [5, 5.41) is 19.7. The highest BCUT2D eigenvalue weighted by atomic mass is 16.3. The van der Waals surface area contributed by atoms with Gasteiger partial charge in [0.25, 0.3) is 5.91 Å². The van der Waals surface area contributed by atoms with Gasteiger partial charge in [0.15, 0.2) is 5.78 Å². The van der Waals surface area contributed by atoms with Gasteiger partial charge in [-0.1, -0.05) is 30.3 Å². The zero-order valence-electron chi connectivity index (χ0n) is 21.0. The van der Waals surface area contributed by atoms with Crippen LogP contribution in [0.25, 0.3) is 0 Å². The molecular weight excluding hydrogens is 482 g/mol. The van der Waals surface area contributed by atoms with E-state index in [0.29, 0.717) is 39.4 Å². The van der Waals surface area contributed by atoms with Gasteiger partial charge in [-0.15, -0.1) is 0 Å². The van der Waals surface area contributed by atoms with Crippen LogP contribution in [-0.4, -0.2) is 38.7 Å². The lowest BCUT2D eigenvalue weighted by atomic mass is 9.97. The Morgan fingerprint density at radius 3 is 2.58 bits per heavy atom. The average Bonchev–Trinajstić information content (AvgIpc) is 3.40. The molecule has 9 nitrogen and oxygen atoms in total. The zero-order chi connectivity index (χ0) is 27.0. The van der Waals surface area contributed by atoms with Crippen LogP contribution in [0.5, 0.6) is 5.75 Å². The largest absolute Gasteiger partial charge is 0.508 e. The molecule has 1 unspecified atom stereocenters. The molecule has 0 bridgehead atoms. The van der Waals surface area contributed by atoms with Gasteiger partial charge in [-0.2, -0.15) is 5.10 Å². The molecule has 0 spiro atoms. The molecule has 38 heavy (non-hydrogen) atoms. The van der Waals surface area contributed by atoms with Crippen LogP contribution in [0.2, 0.25) is 0 Å². The van der Waals surface area contributed by atoms with Crippen molar-refractivity contribution in [3.05, 3.63) is 100 Å². The van der Waals surface area contributed by atoms with Gasteiger partial charge in [-0.3, -0.25) is 24.1 Å².